The Balaban J connectivity index is 1.66. The van der Waals surface area contributed by atoms with Crippen LogP contribution in [-0.4, -0.2) is 43.3 Å². The predicted molar refractivity (Wildman–Crippen MR) is 129 cm³/mol. The number of hydrogen-bond donors (Lipinski definition) is 2. The number of rotatable bonds is 6. The van der Waals surface area contributed by atoms with Gasteiger partial charge >= 0.3 is 0 Å². The summed E-state index contributed by atoms with van der Waals surface area (Å²) in [5.74, 6) is 0.626. The van der Waals surface area contributed by atoms with Gasteiger partial charge in [-0.05, 0) is 31.2 Å². The summed E-state index contributed by atoms with van der Waals surface area (Å²) in [6.07, 6.45) is 2.66. The molecule has 1 saturated heterocycles. The quantitative estimate of drug-likeness (QED) is 0.482. The van der Waals surface area contributed by atoms with Crippen LogP contribution in [0.25, 0.3) is 11.3 Å². The number of nitrogens with one attached hydrogen (secondary N) is 1. The highest BCUT2D eigenvalue weighted by atomic mass is 35.5. The number of anilines is 2. The van der Waals surface area contributed by atoms with E-state index in [2.05, 4.69) is 20.2 Å². The number of halogens is 3. The molecule has 3 aromatic rings. The maximum atomic E-state index is 14.0. The van der Waals surface area contributed by atoms with E-state index in [1.165, 1.54) is 12.1 Å². The van der Waals surface area contributed by atoms with Crippen LogP contribution in [0, 0.1) is 5.82 Å². The van der Waals surface area contributed by atoms with Crippen molar-refractivity contribution in [1.29, 1.82) is 0 Å². The number of nitrogens with two attached hydrogens (primary N) is 1. The van der Waals surface area contributed by atoms with Gasteiger partial charge in [0.1, 0.15) is 11.9 Å². The Morgan fingerprint density at radius 1 is 1.12 bits per heavy atom. The van der Waals surface area contributed by atoms with Gasteiger partial charge in [0.2, 0.25) is 0 Å². The van der Waals surface area contributed by atoms with Gasteiger partial charge < -0.3 is 25.4 Å². The topological polar surface area (TPSA) is 85.5 Å². The van der Waals surface area contributed by atoms with Crippen molar-refractivity contribution < 1.29 is 13.9 Å². The van der Waals surface area contributed by atoms with Crippen molar-refractivity contribution >= 4 is 34.7 Å². The SMILES string of the molecule is COc1cnc(-c2cnc(N)c(OC(C)c3c(Cl)ccc(F)c3Cl)c2)cc1N1CCNCC1. The molecule has 2 aromatic heterocycles. The summed E-state index contributed by atoms with van der Waals surface area (Å²) in [4.78, 5) is 11.0. The average Bonchev–Trinajstić information content (AvgIpc) is 2.83. The molecule has 0 spiro atoms. The first-order valence-electron chi connectivity index (χ1n) is 10.4. The zero-order valence-electron chi connectivity index (χ0n) is 18.2. The summed E-state index contributed by atoms with van der Waals surface area (Å²) in [6, 6.07) is 6.36. The fourth-order valence-electron chi connectivity index (χ4n) is 3.75. The number of methoxy groups -OCH3 is 1. The van der Waals surface area contributed by atoms with Crippen molar-refractivity contribution in [2.75, 3.05) is 43.9 Å². The van der Waals surface area contributed by atoms with Crippen LogP contribution in [0.3, 0.4) is 0 Å². The highest BCUT2D eigenvalue weighted by molar-refractivity contribution is 6.36. The predicted octanol–water partition coefficient (Wildman–Crippen LogP) is 4.73. The van der Waals surface area contributed by atoms with Crippen LogP contribution < -0.4 is 25.4 Å². The minimum absolute atomic E-state index is 0.0878. The second kappa shape index (κ2) is 9.99. The monoisotopic (exact) mass is 491 g/mol. The molecule has 0 bridgehead atoms. The molecule has 33 heavy (non-hydrogen) atoms. The van der Waals surface area contributed by atoms with E-state index >= 15 is 0 Å². The number of benzene rings is 1. The zero-order chi connectivity index (χ0) is 23.5. The Bertz CT molecular complexity index is 1160. The van der Waals surface area contributed by atoms with Gasteiger partial charge in [-0.2, -0.15) is 0 Å². The zero-order valence-corrected chi connectivity index (χ0v) is 19.8. The molecule has 3 heterocycles. The van der Waals surface area contributed by atoms with Gasteiger partial charge in [0.05, 0.1) is 29.7 Å². The van der Waals surface area contributed by atoms with E-state index in [4.69, 9.17) is 38.4 Å². The van der Waals surface area contributed by atoms with Crippen LogP contribution in [0.15, 0.2) is 36.7 Å². The Kier molecular flexibility index (Phi) is 7.07. The van der Waals surface area contributed by atoms with Crippen LogP contribution in [0.4, 0.5) is 15.9 Å². The maximum Gasteiger partial charge on any atom is 0.166 e. The summed E-state index contributed by atoms with van der Waals surface area (Å²) < 4.78 is 25.5. The van der Waals surface area contributed by atoms with Crippen LogP contribution in [0.1, 0.15) is 18.6 Å². The molecule has 1 aliphatic rings. The smallest absolute Gasteiger partial charge is 0.166 e. The molecule has 10 heteroatoms. The van der Waals surface area contributed by atoms with Gasteiger partial charge in [0.15, 0.2) is 17.3 Å². The number of nitrogens with zero attached hydrogens (tertiary/aromatic N) is 3. The lowest BCUT2D eigenvalue weighted by Gasteiger charge is -2.30. The lowest BCUT2D eigenvalue weighted by atomic mass is 10.1. The number of piperazine rings is 1. The Hall–Kier alpha value is -2.81. The molecular formula is C23H24Cl2FN5O2. The Morgan fingerprint density at radius 3 is 2.61 bits per heavy atom. The number of nitrogen functional groups attached to an aromatic ring is 1. The average molecular weight is 492 g/mol. The first kappa shape index (κ1) is 23.4. The van der Waals surface area contributed by atoms with E-state index in [-0.39, 0.29) is 10.8 Å². The fourth-order valence-corrected chi connectivity index (χ4v) is 4.43. The lowest BCUT2D eigenvalue weighted by molar-refractivity contribution is 0.227. The molecule has 1 aliphatic heterocycles. The van der Waals surface area contributed by atoms with Gasteiger partial charge in [-0.1, -0.05) is 23.2 Å². The molecular weight excluding hydrogens is 468 g/mol. The maximum absolute atomic E-state index is 14.0. The summed E-state index contributed by atoms with van der Waals surface area (Å²) in [6.45, 7) is 5.23. The van der Waals surface area contributed by atoms with Crippen molar-refractivity contribution in [2.24, 2.45) is 0 Å². The second-order valence-corrected chi connectivity index (χ2v) is 8.39. The molecule has 174 valence electrons. The van der Waals surface area contributed by atoms with Gasteiger partial charge in [0, 0.05) is 48.5 Å². The molecule has 1 fully saturated rings. The summed E-state index contributed by atoms with van der Waals surface area (Å²) in [5, 5.41) is 3.56. The molecule has 3 N–H and O–H groups in total. The van der Waals surface area contributed by atoms with Gasteiger partial charge in [-0.3, -0.25) is 4.98 Å². The summed E-state index contributed by atoms with van der Waals surface area (Å²) in [5.41, 5.74) is 8.75. The van der Waals surface area contributed by atoms with Crippen LogP contribution in [0.5, 0.6) is 11.5 Å². The van der Waals surface area contributed by atoms with E-state index in [0.717, 1.165) is 31.9 Å². The van der Waals surface area contributed by atoms with E-state index < -0.39 is 11.9 Å². The summed E-state index contributed by atoms with van der Waals surface area (Å²) >= 11 is 12.4. The van der Waals surface area contributed by atoms with Crippen molar-refractivity contribution in [3.63, 3.8) is 0 Å². The molecule has 0 radical (unpaired) electrons. The number of aromatic nitrogens is 2. The van der Waals surface area contributed by atoms with Crippen LogP contribution >= 0.6 is 23.2 Å². The normalized spacial score (nSPS) is 14.8. The standard InChI is InChI=1S/C23H24Cl2FN5O2/c1-13(21-15(24)3-4-16(26)22(21)25)33-19-9-14(11-30-23(19)27)17-10-18(20(32-2)12-29-17)31-7-5-28-6-8-31/h3-4,9-13,28H,5-8H2,1-2H3,(H2,27,30). The Labute approximate surface area is 201 Å². The van der Waals surface area contributed by atoms with Crippen molar-refractivity contribution in [3.8, 4) is 22.8 Å². The molecule has 0 aliphatic carbocycles. The van der Waals surface area contributed by atoms with E-state index in [0.29, 0.717) is 33.3 Å². The molecule has 0 amide bonds. The highest BCUT2D eigenvalue weighted by Crippen LogP contribution is 2.38. The molecule has 7 nitrogen and oxygen atoms in total. The molecule has 1 atom stereocenters. The van der Waals surface area contributed by atoms with E-state index in [9.17, 15) is 4.39 Å². The van der Waals surface area contributed by atoms with Gasteiger partial charge in [-0.25, -0.2) is 9.37 Å². The largest absolute Gasteiger partial charge is 0.493 e. The number of pyridine rings is 2. The summed E-state index contributed by atoms with van der Waals surface area (Å²) in [7, 11) is 1.63. The molecule has 1 unspecified atom stereocenters. The van der Waals surface area contributed by atoms with Crippen molar-refractivity contribution in [3.05, 3.63) is 58.1 Å². The van der Waals surface area contributed by atoms with Crippen molar-refractivity contribution in [1.82, 2.24) is 15.3 Å². The van der Waals surface area contributed by atoms with Crippen LogP contribution in [-0.2, 0) is 0 Å². The van der Waals surface area contributed by atoms with E-state index in [1.54, 1.807) is 32.5 Å². The Morgan fingerprint density at radius 2 is 1.88 bits per heavy atom. The first-order chi connectivity index (χ1) is 15.9. The molecule has 0 saturated carbocycles. The first-order valence-corrected chi connectivity index (χ1v) is 11.2. The second-order valence-electron chi connectivity index (χ2n) is 7.60. The van der Waals surface area contributed by atoms with E-state index in [1.807, 2.05) is 6.07 Å². The van der Waals surface area contributed by atoms with Crippen molar-refractivity contribution in [2.45, 2.75) is 13.0 Å². The third kappa shape index (κ3) is 4.93. The molecule has 4 rings (SSSR count). The fraction of sp³-hybridized carbons (Fsp3) is 0.304. The van der Waals surface area contributed by atoms with Crippen LogP contribution in [0.2, 0.25) is 10.0 Å². The lowest BCUT2D eigenvalue weighted by Crippen LogP contribution is -2.43. The van der Waals surface area contributed by atoms with Gasteiger partial charge in [-0.15, -0.1) is 0 Å². The number of hydrogen-bond acceptors (Lipinski definition) is 7. The van der Waals surface area contributed by atoms with Gasteiger partial charge in [0.25, 0.3) is 0 Å². The molecule has 1 aromatic carbocycles. The minimum atomic E-state index is -0.666. The highest BCUT2D eigenvalue weighted by Gasteiger charge is 2.21. The third-order valence-electron chi connectivity index (χ3n) is 5.49. The minimum Gasteiger partial charge on any atom is -0.493 e. The number of ether oxygens (including phenoxy) is 2. The third-order valence-corrected chi connectivity index (χ3v) is 6.21.